The van der Waals surface area contributed by atoms with Crippen LogP contribution in [0.15, 0.2) is 111 Å². The molecule has 0 radical (unpaired) electrons. The summed E-state index contributed by atoms with van der Waals surface area (Å²) in [5, 5.41) is 19.7. The fourth-order valence-corrected chi connectivity index (χ4v) is 4.57. The average molecular weight is 513 g/mol. The Morgan fingerprint density at radius 2 is 1.58 bits per heavy atom. The lowest BCUT2D eigenvalue weighted by molar-refractivity contribution is 0.474. The van der Waals surface area contributed by atoms with Gasteiger partial charge in [-0.05, 0) is 60.7 Å². The minimum Gasteiger partial charge on any atom is -0.507 e. The van der Waals surface area contributed by atoms with Gasteiger partial charge in [0.2, 0.25) is 0 Å². The zero-order valence-electron chi connectivity index (χ0n) is 17.3. The fraction of sp³-hybridized carbons (Fsp3) is 0. The van der Waals surface area contributed by atoms with Crippen molar-refractivity contribution in [2.24, 2.45) is 15.2 Å². The van der Waals surface area contributed by atoms with Crippen LogP contribution in [-0.2, 0) is 0 Å². The zero-order chi connectivity index (χ0) is 22.6. The monoisotopic (exact) mass is 512 g/mol. The quantitative estimate of drug-likeness (QED) is 0.189. The number of thiazole rings is 1. The van der Waals surface area contributed by atoms with E-state index in [-0.39, 0.29) is 5.75 Å². The first-order valence-corrected chi connectivity index (χ1v) is 11.8. The van der Waals surface area contributed by atoms with Crippen LogP contribution in [0.1, 0.15) is 5.56 Å². The predicted octanol–water partition coefficient (Wildman–Crippen LogP) is 8.60. The molecule has 0 unspecified atom stereocenters. The van der Waals surface area contributed by atoms with Crippen LogP contribution in [0.3, 0.4) is 0 Å². The average Bonchev–Trinajstić information content (AvgIpc) is 3.27. The van der Waals surface area contributed by atoms with Crippen molar-refractivity contribution in [3.63, 3.8) is 0 Å². The summed E-state index contributed by atoms with van der Waals surface area (Å²) in [7, 11) is 0. The molecule has 0 aliphatic heterocycles. The summed E-state index contributed by atoms with van der Waals surface area (Å²) < 4.78 is 2.09. The van der Waals surface area contributed by atoms with E-state index in [1.165, 1.54) is 0 Å². The molecule has 0 aliphatic carbocycles. The van der Waals surface area contributed by atoms with Gasteiger partial charge in [0.15, 0.2) is 0 Å². The number of azo groups is 1. The Hall–Kier alpha value is -3.68. The van der Waals surface area contributed by atoms with Crippen LogP contribution in [0.25, 0.3) is 20.8 Å². The van der Waals surface area contributed by atoms with Gasteiger partial charge in [0.05, 0.1) is 27.3 Å². The summed E-state index contributed by atoms with van der Waals surface area (Å²) in [6.45, 7) is 0. The van der Waals surface area contributed by atoms with Crippen LogP contribution in [0, 0.1) is 0 Å². The molecule has 0 bridgehead atoms. The molecule has 7 heteroatoms. The summed E-state index contributed by atoms with van der Waals surface area (Å²) in [5.74, 6) is 0.127. The van der Waals surface area contributed by atoms with Gasteiger partial charge in [0.25, 0.3) is 0 Å². The third-order valence-electron chi connectivity index (χ3n) is 4.84. The molecule has 33 heavy (non-hydrogen) atoms. The molecule has 5 nitrogen and oxygen atoms in total. The number of hydrogen-bond acceptors (Lipinski definition) is 6. The van der Waals surface area contributed by atoms with E-state index >= 15 is 0 Å². The molecule has 5 aromatic rings. The molecule has 1 heterocycles. The molecule has 0 atom stereocenters. The van der Waals surface area contributed by atoms with Crippen LogP contribution in [-0.4, -0.2) is 16.3 Å². The standard InChI is InChI=1S/C26H17BrN4OS/c27-19-6-4-8-21(15-19)30-31-22-11-12-24(32)18(14-22)16-28-20-7-3-5-17(13-20)26-29-23-9-1-2-10-25(23)33-26/h1-16,32H. The molecule has 1 N–H and O–H groups in total. The summed E-state index contributed by atoms with van der Waals surface area (Å²) in [6.07, 6.45) is 1.63. The highest BCUT2D eigenvalue weighted by Gasteiger charge is 2.06. The van der Waals surface area contributed by atoms with E-state index in [0.717, 1.165) is 36.6 Å². The second-order valence-corrected chi connectivity index (χ2v) is 9.16. The van der Waals surface area contributed by atoms with E-state index in [1.807, 2.05) is 66.7 Å². The molecule has 0 fully saturated rings. The van der Waals surface area contributed by atoms with Gasteiger partial charge in [-0.2, -0.15) is 10.2 Å². The van der Waals surface area contributed by atoms with Crippen molar-refractivity contribution < 1.29 is 5.11 Å². The maximum atomic E-state index is 10.3. The number of benzene rings is 4. The number of hydrogen-bond donors (Lipinski definition) is 1. The number of fused-ring (bicyclic) bond motifs is 1. The molecule has 4 aromatic carbocycles. The van der Waals surface area contributed by atoms with Gasteiger partial charge >= 0.3 is 0 Å². The number of phenolic OH excluding ortho intramolecular Hbond substituents is 1. The van der Waals surface area contributed by atoms with Crippen LogP contribution in [0.4, 0.5) is 17.1 Å². The van der Waals surface area contributed by atoms with Crippen molar-refractivity contribution in [2.75, 3.05) is 0 Å². The van der Waals surface area contributed by atoms with E-state index in [4.69, 9.17) is 4.98 Å². The summed E-state index contributed by atoms with van der Waals surface area (Å²) in [6, 6.07) is 28.6. The Bertz CT molecular complexity index is 1480. The third kappa shape index (κ3) is 5.05. The third-order valence-corrected chi connectivity index (χ3v) is 6.42. The Morgan fingerprint density at radius 3 is 2.42 bits per heavy atom. The topological polar surface area (TPSA) is 70.2 Å². The highest BCUT2D eigenvalue weighted by atomic mass is 79.9. The van der Waals surface area contributed by atoms with Crippen LogP contribution in [0.5, 0.6) is 5.75 Å². The van der Waals surface area contributed by atoms with E-state index in [0.29, 0.717) is 11.3 Å². The maximum Gasteiger partial charge on any atom is 0.124 e. The highest BCUT2D eigenvalue weighted by Crippen LogP contribution is 2.32. The molecular formula is C26H17BrN4OS. The lowest BCUT2D eigenvalue weighted by Crippen LogP contribution is -1.82. The van der Waals surface area contributed by atoms with Crippen molar-refractivity contribution in [1.82, 2.24) is 4.98 Å². The van der Waals surface area contributed by atoms with Gasteiger partial charge in [-0.3, -0.25) is 4.99 Å². The number of aliphatic imine (C=N–C) groups is 1. The first kappa shape index (κ1) is 21.2. The largest absolute Gasteiger partial charge is 0.507 e. The first-order valence-electron chi connectivity index (χ1n) is 10.1. The van der Waals surface area contributed by atoms with Gasteiger partial charge in [-0.15, -0.1) is 11.3 Å². The van der Waals surface area contributed by atoms with Crippen molar-refractivity contribution in [3.8, 4) is 16.3 Å². The first-order chi connectivity index (χ1) is 16.1. The van der Waals surface area contributed by atoms with Crippen molar-refractivity contribution >= 4 is 60.8 Å². The van der Waals surface area contributed by atoms with E-state index in [9.17, 15) is 5.11 Å². The van der Waals surface area contributed by atoms with Gasteiger partial charge in [0.1, 0.15) is 10.8 Å². The van der Waals surface area contributed by atoms with Gasteiger partial charge < -0.3 is 5.11 Å². The SMILES string of the molecule is Oc1ccc(N=Nc2cccc(Br)c2)cc1C=Nc1cccc(-c2nc3ccccc3s2)c1. The number of phenols is 1. The predicted molar refractivity (Wildman–Crippen MR) is 139 cm³/mol. The molecule has 1 aromatic heterocycles. The van der Waals surface area contributed by atoms with Gasteiger partial charge in [-0.25, -0.2) is 4.98 Å². The van der Waals surface area contributed by atoms with Crippen LogP contribution in [0.2, 0.25) is 0 Å². The zero-order valence-corrected chi connectivity index (χ0v) is 19.7. The fourth-order valence-electron chi connectivity index (χ4n) is 3.22. The summed E-state index contributed by atoms with van der Waals surface area (Å²) in [4.78, 5) is 9.28. The second kappa shape index (κ2) is 9.44. The highest BCUT2D eigenvalue weighted by molar-refractivity contribution is 9.10. The Kier molecular flexibility index (Phi) is 6.06. The summed E-state index contributed by atoms with van der Waals surface area (Å²) in [5.41, 5.74) is 4.69. The second-order valence-electron chi connectivity index (χ2n) is 7.22. The Labute approximate surface area is 203 Å². The van der Waals surface area contributed by atoms with Crippen LogP contribution >= 0.6 is 27.3 Å². The van der Waals surface area contributed by atoms with E-state index < -0.39 is 0 Å². The van der Waals surface area contributed by atoms with Crippen molar-refractivity contribution in [1.29, 1.82) is 0 Å². The minimum atomic E-state index is 0.127. The number of rotatable bonds is 5. The van der Waals surface area contributed by atoms with Crippen molar-refractivity contribution in [3.05, 3.63) is 101 Å². The maximum absolute atomic E-state index is 10.3. The normalized spacial score (nSPS) is 11.7. The lowest BCUT2D eigenvalue weighted by atomic mass is 10.2. The van der Waals surface area contributed by atoms with E-state index in [2.05, 4.69) is 37.2 Å². The smallest absolute Gasteiger partial charge is 0.124 e. The molecule has 160 valence electrons. The number of nitrogens with zero attached hydrogens (tertiary/aromatic N) is 4. The molecule has 0 aliphatic rings. The molecule has 5 rings (SSSR count). The number of aromatic hydroxyl groups is 1. The van der Waals surface area contributed by atoms with Gasteiger partial charge in [-0.1, -0.05) is 46.3 Å². The Morgan fingerprint density at radius 1 is 0.788 bits per heavy atom. The molecule has 0 saturated heterocycles. The number of para-hydroxylation sites is 1. The molecular weight excluding hydrogens is 496 g/mol. The Balaban J connectivity index is 1.39. The molecule has 0 amide bonds. The van der Waals surface area contributed by atoms with Gasteiger partial charge in [0, 0.05) is 21.8 Å². The number of halogens is 1. The summed E-state index contributed by atoms with van der Waals surface area (Å²) >= 11 is 5.08. The van der Waals surface area contributed by atoms with Crippen molar-refractivity contribution in [2.45, 2.75) is 0 Å². The van der Waals surface area contributed by atoms with Crippen LogP contribution < -0.4 is 0 Å². The number of aromatic nitrogens is 1. The molecule has 0 saturated carbocycles. The molecule has 0 spiro atoms. The minimum absolute atomic E-state index is 0.127. The van der Waals surface area contributed by atoms with E-state index in [1.54, 1.807) is 35.8 Å². The lowest BCUT2D eigenvalue weighted by Gasteiger charge is -2.01.